The molecule has 0 bridgehead atoms. The van der Waals surface area contributed by atoms with Crippen LogP contribution in [0.25, 0.3) is 0 Å². The van der Waals surface area contributed by atoms with Gasteiger partial charge in [-0.25, -0.2) is 4.79 Å². The summed E-state index contributed by atoms with van der Waals surface area (Å²) in [5.74, 6) is -0.310. The average molecular weight is 496 g/mol. The molecule has 2 heterocycles. The number of likely N-dealkylation sites (tertiary alicyclic amines) is 1. The summed E-state index contributed by atoms with van der Waals surface area (Å²) in [5.41, 5.74) is 0.252. The van der Waals surface area contributed by atoms with Crippen LogP contribution in [0.1, 0.15) is 79.2 Å². The minimum absolute atomic E-state index is 0.0421. The fraction of sp³-hybridized carbons (Fsp3) is 0.500. The molecule has 8 heteroatoms. The van der Waals surface area contributed by atoms with Crippen molar-refractivity contribution in [3.05, 3.63) is 69.6 Å². The van der Waals surface area contributed by atoms with E-state index in [2.05, 4.69) is 5.32 Å². The van der Waals surface area contributed by atoms with Gasteiger partial charge in [-0.2, -0.15) is 0 Å². The topological polar surface area (TPSA) is 97.7 Å². The number of piperidine rings is 1. The smallest absolute Gasteiger partial charge is 0.410 e. The van der Waals surface area contributed by atoms with Crippen molar-refractivity contribution < 1.29 is 19.1 Å². The third-order valence-corrected chi connectivity index (χ3v) is 6.26. The first-order valence-corrected chi connectivity index (χ1v) is 12.6. The monoisotopic (exact) mass is 495 g/mol. The van der Waals surface area contributed by atoms with Crippen LogP contribution in [0.4, 0.5) is 4.79 Å². The molecule has 0 spiro atoms. The lowest BCUT2D eigenvalue weighted by molar-refractivity contribution is 0.0160. The number of hydrogen-bond acceptors (Lipinski definition) is 5. The van der Waals surface area contributed by atoms with Gasteiger partial charge < -0.3 is 19.5 Å². The Labute approximate surface area is 212 Å². The number of ether oxygens (including phenoxy) is 1. The molecular weight excluding hydrogens is 458 g/mol. The molecule has 1 atom stereocenters. The van der Waals surface area contributed by atoms with Crippen molar-refractivity contribution in [2.24, 2.45) is 5.92 Å². The van der Waals surface area contributed by atoms with Crippen LogP contribution in [0.2, 0.25) is 0 Å². The number of hydrogen-bond donors (Lipinski definition) is 1. The summed E-state index contributed by atoms with van der Waals surface area (Å²) >= 11 is 0. The Balaban J connectivity index is 1.65. The number of benzene rings is 1. The van der Waals surface area contributed by atoms with Crippen LogP contribution < -0.4 is 10.9 Å². The third kappa shape index (κ3) is 7.54. The Morgan fingerprint density at radius 3 is 2.53 bits per heavy atom. The number of nitrogens with zero attached hydrogens (tertiary/aromatic N) is 2. The van der Waals surface area contributed by atoms with E-state index in [9.17, 15) is 19.2 Å². The van der Waals surface area contributed by atoms with Gasteiger partial charge in [0.15, 0.2) is 5.78 Å². The van der Waals surface area contributed by atoms with Gasteiger partial charge in [-0.1, -0.05) is 30.3 Å². The van der Waals surface area contributed by atoms with Gasteiger partial charge in [0, 0.05) is 38.3 Å². The van der Waals surface area contributed by atoms with Crippen molar-refractivity contribution >= 4 is 17.8 Å². The first-order chi connectivity index (χ1) is 17.1. The van der Waals surface area contributed by atoms with Gasteiger partial charge in [0.25, 0.3) is 11.5 Å². The number of carbonyl (C=O) groups is 3. The molecule has 0 radical (unpaired) electrons. The molecule has 1 saturated heterocycles. The number of pyridine rings is 1. The van der Waals surface area contributed by atoms with Crippen LogP contribution in [0.5, 0.6) is 0 Å². The Kier molecular flexibility index (Phi) is 9.07. The predicted octanol–water partition coefficient (Wildman–Crippen LogP) is 4.26. The Bertz CT molecular complexity index is 1130. The van der Waals surface area contributed by atoms with Crippen molar-refractivity contribution in [3.63, 3.8) is 0 Å². The second kappa shape index (κ2) is 12.0. The van der Waals surface area contributed by atoms with E-state index in [1.165, 1.54) is 17.7 Å². The van der Waals surface area contributed by atoms with Gasteiger partial charge in [0.1, 0.15) is 11.2 Å². The standard InChI is InChI=1S/C28H37N3O5/c1-28(2,3)36-27(35)30-15-9-13-21(17-30)12-8-14-24(32)22-16-23(25(33)29-4)26(34)31(19-22)18-20-10-6-5-7-11-20/h5-7,10-11,16,19,21H,8-9,12-15,17-18H2,1-4H3,(H,29,33). The van der Waals surface area contributed by atoms with E-state index in [0.29, 0.717) is 37.4 Å². The molecule has 1 aromatic carbocycles. The molecule has 1 N–H and O–H groups in total. The second-order valence-electron chi connectivity index (χ2n) is 10.4. The van der Waals surface area contributed by atoms with E-state index in [0.717, 1.165) is 24.8 Å². The van der Waals surface area contributed by atoms with Gasteiger partial charge >= 0.3 is 6.09 Å². The molecule has 1 aliphatic heterocycles. The summed E-state index contributed by atoms with van der Waals surface area (Å²) in [5, 5.41) is 2.49. The molecule has 3 rings (SSSR count). The summed E-state index contributed by atoms with van der Waals surface area (Å²) in [6.07, 6.45) is 4.98. The maximum atomic E-state index is 13.1. The second-order valence-corrected chi connectivity index (χ2v) is 10.4. The number of Topliss-reactive ketones (excluding diaryl/α,β-unsaturated/α-hetero) is 1. The highest BCUT2D eigenvalue weighted by atomic mass is 16.6. The van der Waals surface area contributed by atoms with E-state index in [1.54, 1.807) is 11.1 Å². The Morgan fingerprint density at radius 1 is 1.14 bits per heavy atom. The fourth-order valence-electron chi connectivity index (χ4n) is 4.47. The van der Waals surface area contributed by atoms with Gasteiger partial charge in [-0.15, -0.1) is 0 Å². The highest BCUT2D eigenvalue weighted by molar-refractivity contribution is 6.00. The van der Waals surface area contributed by atoms with Crippen molar-refractivity contribution in [3.8, 4) is 0 Å². The molecule has 194 valence electrons. The maximum Gasteiger partial charge on any atom is 0.410 e. The molecular formula is C28H37N3O5. The first kappa shape index (κ1) is 27.2. The molecule has 2 amide bonds. The van der Waals surface area contributed by atoms with Gasteiger partial charge in [0.2, 0.25) is 0 Å². The molecule has 1 fully saturated rings. The minimum atomic E-state index is -0.527. The van der Waals surface area contributed by atoms with Crippen molar-refractivity contribution in [2.75, 3.05) is 20.1 Å². The molecule has 1 aliphatic rings. The maximum absolute atomic E-state index is 13.1. The summed E-state index contributed by atoms with van der Waals surface area (Å²) in [7, 11) is 1.46. The molecule has 0 aliphatic carbocycles. The zero-order chi connectivity index (χ0) is 26.3. The lowest BCUT2D eigenvalue weighted by Crippen LogP contribution is -2.42. The Morgan fingerprint density at radius 2 is 1.86 bits per heavy atom. The number of nitrogens with one attached hydrogen (secondary N) is 1. The number of aromatic nitrogens is 1. The average Bonchev–Trinajstić information content (AvgIpc) is 2.84. The molecule has 2 aromatic rings. The molecule has 0 saturated carbocycles. The first-order valence-electron chi connectivity index (χ1n) is 12.6. The normalized spacial score (nSPS) is 15.9. The van der Waals surface area contributed by atoms with Gasteiger partial charge in [-0.05, 0) is 64.0 Å². The van der Waals surface area contributed by atoms with Crippen LogP contribution in [-0.2, 0) is 11.3 Å². The number of carbonyl (C=O) groups excluding carboxylic acids is 3. The van der Waals surface area contributed by atoms with Crippen LogP contribution >= 0.6 is 0 Å². The van der Waals surface area contributed by atoms with Crippen molar-refractivity contribution in [1.82, 2.24) is 14.8 Å². The predicted molar refractivity (Wildman–Crippen MR) is 138 cm³/mol. The molecule has 36 heavy (non-hydrogen) atoms. The van der Waals surface area contributed by atoms with E-state index in [1.807, 2.05) is 51.1 Å². The minimum Gasteiger partial charge on any atom is -0.444 e. The van der Waals surface area contributed by atoms with Crippen LogP contribution in [-0.4, -0.2) is 53.0 Å². The van der Waals surface area contributed by atoms with E-state index in [4.69, 9.17) is 4.74 Å². The third-order valence-electron chi connectivity index (χ3n) is 6.26. The summed E-state index contributed by atoms with van der Waals surface area (Å²) in [6.45, 7) is 7.16. The highest BCUT2D eigenvalue weighted by Gasteiger charge is 2.27. The lowest BCUT2D eigenvalue weighted by Gasteiger charge is -2.34. The van der Waals surface area contributed by atoms with Crippen LogP contribution in [0.15, 0.2) is 47.4 Å². The van der Waals surface area contributed by atoms with Gasteiger partial charge in [0.05, 0.1) is 6.54 Å². The van der Waals surface area contributed by atoms with E-state index in [-0.39, 0.29) is 24.0 Å². The SMILES string of the molecule is CNC(=O)c1cc(C(=O)CCCC2CCCN(C(=O)OC(C)(C)C)C2)cn(Cc2ccccc2)c1=O. The highest BCUT2D eigenvalue weighted by Crippen LogP contribution is 2.24. The summed E-state index contributed by atoms with van der Waals surface area (Å²) in [6, 6.07) is 10.8. The fourth-order valence-corrected chi connectivity index (χ4v) is 4.47. The van der Waals surface area contributed by atoms with E-state index >= 15 is 0 Å². The Hall–Kier alpha value is -3.42. The summed E-state index contributed by atoms with van der Waals surface area (Å²) < 4.78 is 6.93. The lowest BCUT2D eigenvalue weighted by atomic mass is 9.92. The van der Waals surface area contributed by atoms with E-state index < -0.39 is 17.1 Å². The van der Waals surface area contributed by atoms with Crippen molar-refractivity contribution in [2.45, 2.75) is 65.0 Å². The quantitative estimate of drug-likeness (QED) is 0.552. The number of rotatable bonds is 8. The molecule has 1 unspecified atom stereocenters. The van der Waals surface area contributed by atoms with Crippen molar-refractivity contribution in [1.29, 1.82) is 0 Å². The number of amides is 2. The zero-order valence-electron chi connectivity index (χ0n) is 21.7. The van der Waals surface area contributed by atoms with Gasteiger partial charge in [-0.3, -0.25) is 14.4 Å². The van der Waals surface area contributed by atoms with Crippen LogP contribution in [0, 0.1) is 5.92 Å². The van der Waals surface area contributed by atoms with Crippen LogP contribution in [0.3, 0.4) is 0 Å². The molecule has 8 nitrogen and oxygen atoms in total. The zero-order valence-corrected chi connectivity index (χ0v) is 21.7. The largest absolute Gasteiger partial charge is 0.444 e. The number of ketones is 1. The summed E-state index contributed by atoms with van der Waals surface area (Å²) in [4.78, 5) is 52.5. The molecule has 1 aromatic heterocycles.